The number of thiazole rings is 1. The number of methoxy groups -OCH3 is 1. The Labute approximate surface area is 114 Å². The number of nitrogens with zero attached hydrogens (tertiary/aromatic N) is 1. The fourth-order valence-corrected chi connectivity index (χ4v) is 3.60. The summed E-state index contributed by atoms with van der Waals surface area (Å²) in [5.74, 6) is 0. The number of ether oxygens (including phenoxy) is 1. The molecule has 102 valence electrons. The predicted molar refractivity (Wildman–Crippen MR) is 75.9 cm³/mol. The van der Waals surface area contributed by atoms with Crippen molar-refractivity contribution in [1.29, 1.82) is 0 Å². The summed E-state index contributed by atoms with van der Waals surface area (Å²) in [6, 6.07) is 0.729. The maximum absolute atomic E-state index is 5.18. The van der Waals surface area contributed by atoms with Crippen LogP contribution in [0.3, 0.4) is 0 Å². The second-order valence-corrected chi connectivity index (χ2v) is 6.19. The van der Waals surface area contributed by atoms with Crippen molar-refractivity contribution in [2.45, 2.75) is 64.6 Å². The van der Waals surface area contributed by atoms with E-state index >= 15 is 0 Å². The van der Waals surface area contributed by atoms with Gasteiger partial charge in [-0.25, -0.2) is 4.98 Å². The molecule has 0 aromatic carbocycles. The molecule has 0 unspecified atom stereocenters. The van der Waals surface area contributed by atoms with Crippen LogP contribution in [-0.4, -0.2) is 18.1 Å². The molecular formula is C14H24N2OS. The van der Waals surface area contributed by atoms with Gasteiger partial charge in [0.05, 0.1) is 12.3 Å². The van der Waals surface area contributed by atoms with E-state index in [-0.39, 0.29) is 0 Å². The normalized spacial score (nSPS) is 16.6. The minimum Gasteiger partial charge on any atom is -0.378 e. The van der Waals surface area contributed by atoms with E-state index in [0.29, 0.717) is 6.61 Å². The molecule has 3 nitrogen and oxygen atoms in total. The molecule has 1 N–H and O–H groups in total. The lowest BCUT2D eigenvalue weighted by Crippen LogP contribution is -2.25. The van der Waals surface area contributed by atoms with E-state index in [1.54, 1.807) is 7.11 Å². The summed E-state index contributed by atoms with van der Waals surface area (Å²) < 4.78 is 5.18. The largest absolute Gasteiger partial charge is 0.378 e. The van der Waals surface area contributed by atoms with E-state index in [1.165, 1.54) is 36.3 Å². The predicted octanol–water partition coefficient (Wildman–Crippen LogP) is 3.27. The van der Waals surface area contributed by atoms with Gasteiger partial charge in [-0.05, 0) is 19.3 Å². The van der Waals surface area contributed by atoms with Crippen LogP contribution in [0, 0.1) is 0 Å². The highest BCUT2D eigenvalue weighted by Gasteiger charge is 2.16. The smallest absolute Gasteiger partial charge is 0.119 e. The summed E-state index contributed by atoms with van der Waals surface area (Å²) in [6.07, 6.45) is 7.70. The van der Waals surface area contributed by atoms with E-state index < -0.39 is 0 Å². The van der Waals surface area contributed by atoms with Gasteiger partial charge in [0.25, 0.3) is 0 Å². The average Bonchev–Trinajstić information content (AvgIpc) is 2.97. The van der Waals surface area contributed by atoms with Gasteiger partial charge in [-0.3, -0.25) is 0 Å². The highest BCUT2D eigenvalue weighted by atomic mass is 32.1. The Balaban J connectivity index is 1.95. The summed E-state index contributed by atoms with van der Waals surface area (Å²) in [7, 11) is 1.73. The molecule has 0 amide bonds. The van der Waals surface area contributed by atoms with Crippen molar-refractivity contribution >= 4 is 11.3 Å². The van der Waals surface area contributed by atoms with Gasteiger partial charge in [0.2, 0.25) is 0 Å². The van der Waals surface area contributed by atoms with E-state index in [9.17, 15) is 0 Å². The molecule has 1 fully saturated rings. The Hall–Kier alpha value is -0.450. The molecule has 0 spiro atoms. The number of nitrogens with one attached hydrogen (secondary N) is 1. The molecule has 2 rings (SSSR count). The van der Waals surface area contributed by atoms with Crippen LogP contribution < -0.4 is 5.32 Å². The van der Waals surface area contributed by atoms with Crippen LogP contribution in [0.5, 0.6) is 0 Å². The number of rotatable bonds is 7. The first kappa shape index (κ1) is 14.0. The number of aromatic nitrogens is 1. The Morgan fingerprint density at radius 1 is 1.39 bits per heavy atom. The van der Waals surface area contributed by atoms with Gasteiger partial charge < -0.3 is 10.1 Å². The molecule has 1 saturated carbocycles. The van der Waals surface area contributed by atoms with Gasteiger partial charge in [-0.15, -0.1) is 11.3 Å². The van der Waals surface area contributed by atoms with Gasteiger partial charge in [-0.2, -0.15) is 0 Å². The van der Waals surface area contributed by atoms with Crippen molar-refractivity contribution in [3.8, 4) is 0 Å². The third-order valence-corrected chi connectivity index (χ3v) is 4.55. The molecule has 18 heavy (non-hydrogen) atoms. The topological polar surface area (TPSA) is 34.1 Å². The summed E-state index contributed by atoms with van der Waals surface area (Å²) in [5.41, 5.74) is 1.28. The Bertz CT molecular complexity index is 359. The van der Waals surface area contributed by atoms with Gasteiger partial charge in [0.1, 0.15) is 5.01 Å². The molecule has 0 radical (unpaired) electrons. The average molecular weight is 268 g/mol. The van der Waals surface area contributed by atoms with Crippen LogP contribution in [0.1, 0.15) is 54.6 Å². The Morgan fingerprint density at radius 3 is 2.83 bits per heavy atom. The first-order chi connectivity index (χ1) is 8.83. The van der Waals surface area contributed by atoms with Gasteiger partial charge in [0, 0.05) is 24.6 Å². The summed E-state index contributed by atoms with van der Waals surface area (Å²) >= 11 is 1.81. The number of hydrogen-bond donors (Lipinski definition) is 1. The van der Waals surface area contributed by atoms with Gasteiger partial charge in [0.15, 0.2) is 0 Å². The molecule has 0 atom stereocenters. The van der Waals surface area contributed by atoms with Crippen LogP contribution in [0.4, 0.5) is 0 Å². The molecule has 0 bridgehead atoms. The van der Waals surface area contributed by atoms with E-state index in [1.807, 2.05) is 11.3 Å². The zero-order chi connectivity index (χ0) is 12.8. The minimum atomic E-state index is 0.644. The highest BCUT2D eigenvalue weighted by Crippen LogP contribution is 2.23. The Morgan fingerprint density at radius 2 is 2.17 bits per heavy atom. The first-order valence-electron chi connectivity index (χ1n) is 7.03. The first-order valence-corrected chi connectivity index (χ1v) is 7.85. The van der Waals surface area contributed by atoms with Crippen molar-refractivity contribution < 1.29 is 4.74 Å². The zero-order valence-electron chi connectivity index (χ0n) is 11.5. The van der Waals surface area contributed by atoms with Crippen LogP contribution in [-0.2, 0) is 24.3 Å². The summed E-state index contributed by atoms with van der Waals surface area (Å²) in [4.78, 5) is 6.10. The maximum Gasteiger partial charge on any atom is 0.119 e. The molecule has 0 saturated heterocycles. The van der Waals surface area contributed by atoms with Crippen molar-refractivity contribution in [1.82, 2.24) is 10.3 Å². The molecule has 1 aliphatic carbocycles. The zero-order valence-corrected chi connectivity index (χ0v) is 12.3. The van der Waals surface area contributed by atoms with Crippen LogP contribution in [0.15, 0.2) is 0 Å². The molecule has 4 heteroatoms. The quantitative estimate of drug-likeness (QED) is 0.824. The van der Waals surface area contributed by atoms with Crippen molar-refractivity contribution in [3.05, 3.63) is 15.6 Å². The maximum atomic E-state index is 5.18. The highest BCUT2D eigenvalue weighted by molar-refractivity contribution is 7.11. The van der Waals surface area contributed by atoms with Crippen LogP contribution in [0.2, 0.25) is 0 Å². The molecule has 0 aliphatic heterocycles. The third-order valence-electron chi connectivity index (χ3n) is 3.48. The van der Waals surface area contributed by atoms with Gasteiger partial charge >= 0.3 is 0 Å². The fourth-order valence-electron chi connectivity index (χ4n) is 2.56. The fraction of sp³-hybridized carbons (Fsp3) is 0.786. The Kier molecular flexibility index (Phi) is 5.60. The van der Waals surface area contributed by atoms with E-state index in [2.05, 4.69) is 17.2 Å². The molecule has 1 heterocycles. The second-order valence-electron chi connectivity index (χ2n) is 5.02. The SMILES string of the molecule is CCCc1nc(COC)sc1CNC1CCCC1. The van der Waals surface area contributed by atoms with Crippen molar-refractivity contribution in [2.24, 2.45) is 0 Å². The summed E-state index contributed by atoms with van der Waals surface area (Å²) in [5, 5.41) is 4.80. The second kappa shape index (κ2) is 7.22. The monoisotopic (exact) mass is 268 g/mol. The number of aryl methyl sites for hydroxylation is 1. The minimum absolute atomic E-state index is 0.644. The lowest BCUT2D eigenvalue weighted by Gasteiger charge is -2.11. The number of hydrogen-bond acceptors (Lipinski definition) is 4. The van der Waals surface area contributed by atoms with E-state index in [0.717, 1.165) is 30.4 Å². The van der Waals surface area contributed by atoms with Crippen LogP contribution >= 0.6 is 11.3 Å². The van der Waals surface area contributed by atoms with Crippen molar-refractivity contribution in [3.63, 3.8) is 0 Å². The van der Waals surface area contributed by atoms with Crippen molar-refractivity contribution in [2.75, 3.05) is 7.11 Å². The molecular weight excluding hydrogens is 244 g/mol. The lowest BCUT2D eigenvalue weighted by molar-refractivity contribution is 0.184. The lowest BCUT2D eigenvalue weighted by atomic mass is 10.2. The molecule has 1 aromatic rings. The van der Waals surface area contributed by atoms with Gasteiger partial charge in [-0.1, -0.05) is 26.2 Å². The molecule has 1 aliphatic rings. The summed E-state index contributed by atoms with van der Waals surface area (Å²) in [6.45, 7) is 3.84. The standard InChI is InChI=1S/C14H24N2OS/c1-3-6-12-13(18-14(16-12)10-17-2)9-15-11-7-4-5-8-11/h11,15H,3-10H2,1-2H3. The molecule has 1 aromatic heterocycles. The van der Waals surface area contributed by atoms with E-state index in [4.69, 9.17) is 4.74 Å². The third kappa shape index (κ3) is 3.77. The van der Waals surface area contributed by atoms with Crippen LogP contribution in [0.25, 0.3) is 0 Å².